The zero-order chi connectivity index (χ0) is 10.5. The predicted octanol–water partition coefficient (Wildman–Crippen LogP) is 4.06. The molecule has 1 heteroatoms. The predicted molar refractivity (Wildman–Crippen MR) is 58.6 cm³/mol. The fourth-order valence-electron chi connectivity index (χ4n) is 1.07. The average molecular weight is 182 g/mol. The summed E-state index contributed by atoms with van der Waals surface area (Å²) in [5.41, 5.74) is 0.802. The van der Waals surface area contributed by atoms with Crippen molar-refractivity contribution in [2.75, 3.05) is 0 Å². The SMILES string of the molecule is C=C(C)C(=C)OC(C)(C)CCCC. The van der Waals surface area contributed by atoms with Crippen molar-refractivity contribution in [3.63, 3.8) is 0 Å². The topological polar surface area (TPSA) is 9.23 Å². The van der Waals surface area contributed by atoms with Gasteiger partial charge >= 0.3 is 0 Å². The Morgan fingerprint density at radius 1 is 1.31 bits per heavy atom. The van der Waals surface area contributed by atoms with Crippen molar-refractivity contribution in [3.8, 4) is 0 Å². The van der Waals surface area contributed by atoms with Crippen LogP contribution in [0.4, 0.5) is 0 Å². The second kappa shape index (κ2) is 5.11. The molecule has 0 radical (unpaired) electrons. The van der Waals surface area contributed by atoms with Gasteiger partial charge in [0, 0.05) is 0 Å². The highest BCUT2D eigenvalue weighted by molar-refractivity contribution is 5.16. The third-order valence-corrected chi connectivity index (χ3v) is 2.01. The Morgan fingerprint density at radius 2 is 1.85 bits per heavy atom. The Morgan fingerprint density at radius 3 is 2.23 bits per heavy atom. The quantitative estimate of drug-likeness (QED) is 0.444. The highest BCUT2D eigenvalue weighted by atomic mass is 16.5. The molecular formula is C12H22O. The zero-order valence-electron chi connectivity index (χ0n) is 9.44. The summed E-state index contributed by atoms with van der Waals surface area (Å²) >= 11 is 0. The lowest BCUT2D eigenvalue weighted by molar-refractivity contribution is 0.0310. The van der Waals surface area contributed by atoms with Gasteiger partial charge in [-0.25, -0.2) is 0 Å². The summed E-state index contributed by atoms with van der Waals surface area (Å²) in [4.78, 5) is 0. The van der Waals surface area contributed by atoms with E-state index in [0.29, 0.717) is 5.76 Å². The van der Waals surface area contributed by atoms with Crippen LogP contribution in [0.2, 0.25) is 0 Å². The molecule has 0 bridgehead atoms. The highest BCUT2D eigenvalue weighted by Crippen LogP contribution is 2.23. The molecule has 13 heavy (non-hydrogen) atoms. The van der Waals surface area contributed by atoms with Crippen LogP contribution in [0.3, 0.4) is 0 Å². The minimum Gasteiger partial charge on any atom is -0.488 e. The first kappa shape index (κ1) is 12.3. The molecule has 0 saturated heterocycles. The van der Waals surface area contributed by atoms with Gasteiger partial charge in [0.05, 0.1) is 0 Å². The molecule has 0 N–H and O–H groups in total. The van der Waals surface area contributed by atoms with Gasteiger partial charge in [0.25, 0.3) is 0 Å². The largest absolute Gasteiger partial charge is 0.488 e. The van der Waals surface area contributed by atoms with Gasteiger partial charge in [-0.05, 0) is 39.2 Å². The van der Waals surface area contributed by atoms with Crippen LogP contribution in [0.1, 0.15) is 47.0 Å². The maximum atomic E-state index is 5.71. The van der Waals surface area contributed by atoms with E-state index in [1.54, 1.807) is 0 Å². The van der Waals surface area contributed by atoms with Crippen LogP contribution >= 0.6 is 0 Å². The number of rotatable bonds is 6. The van der Waals surface area contributed by atoms with E-state index in [1.165, 1.54) is 12.8 Å². The minimum absolute atomic E-state index is 0.105. The molecule has 0 aromatic carbocycles. The molecule has 76 valence electrons. The lowest BCUT2D eigenvalue weighted by atomic mass is 10.0. The number of hydrogen-bond acceptors (Lipinski definition) is 1. The van der Waals surface area contributed by atoms with Gasteiger partial charge < -0.3 is 4.74 Å². The Kier molecular flexibility index (Phi) is 4.82. The Bertz CT molecular complexity index is 189. The van der Waals surface area contributed by atoms with Gasteiger partial charge in [0.1, 0.15) is 11.4 Å². The van der Waals surface area contributed by atoms with E-state index in [4.69, 9.17) is 4.74 Å². The van der Waals surface area contributed by atoms with Crippen LogP contribution < -0.4 is 0 Å². The third-order valence-electron chi connectivity index (χ3n) is 2.01. The fraction of sp³-hybridized carbons (Fsp3) is 0.667. The van der Waals surface area contributed by atoms with Gasteiger partial charge in [-0.1, -0.05) is 26.5 Å². The molecule has 0 heterocycles. The molecule has 0 aliphatic rings. The maximum Gasteiger partial charge on any atom is 0.115 e. The van der Waals surface area contributed by atoms with Gasteiger partial charge in [0.15, 0.2) is 0 Å². The molecule has 0 aliphatic carbocycles. The first-order valence-electron chi connectivity index (χ1n) is 4.93. The van der Waals surface area contributed by atoms with Crippen molar-refractivity contribution in [2.24, 2.45) is 0 Å². The van der Waals surface area contributed by atoms with Gasteiger partial charge in [-0.3, -0.25) is 0 Å². The zero-order valence-corrected chi connectivity index (χ0v) is 9.44. The van der Waals surface area contributed by atoms with Crippen LogP contribution in [0.25, 0.3) is 0 Å². The van der Waals surface area contributed by atoms with Gasteiger partial charge in [-0.2, -0.15) is 0 Å². The van der Waals surface area contributed by atoms with Crippen molar-refractivity contribution in [1.29, 1.82) is 0 Å². The normalized spacial score (nSPS) is 11.1. The Labute approximate surface area is 82.5 Å². The van der Waals surface area contributed by atoms with E-state index >= 15 is 0 Å². The van der Waals surface area contributed by atoms with E-state index in [-0.39, 0.29) is 5.60 Å². The lowest BCUT2D eigenvalue weighted by Gasteiger charge is -2.27. The molecule has 0 unspecified atom stereocenters. The van der Waals surface area contributed by atoms with Crippen LogP contribution in [-0.4, -0.2) is 5.60 Å². The molecule has 0 aliphatic heterocycles. The standard InChI is InChI=1S/C12H22O/c1-7-8-9-12(5,6)13-11(4)10(2)3/h2,4,7-9H2,1,3,5-6H3. The van der Waals surface area contributed by atoms with Crippen LogP contribution in [0.15, 0.2) is 24.5 Å². The summed E-state index contributed by atoms with van der Waals surface area (Å²) in [5, 5.41) is 0. The van der Waals surface area contributed by atoms with Crippen LogP contribution in [0.5, 0.6) is 0 Å². The molecular weight excluding hydrogens is 160 g/mol. The van der Waals surface area contributed by atoms with Crippen molar-refractivity contribution in [3.05, 3.63) is 24.5 Å². The molecule has 0 saturated carbocycles. The van der Waals surface area contributed by atoms with Crippen LogP contribution in [-0.2, 0) is 4.74 Å². The lowest BCUT2D eigenvalue weighted by Crippen LogP contribution is -2.23. The number of hydrogen-bond donors (Lipinski definition) is 0. The second-order valence-corrected chi connectivity index (χ2v) is 4.17. The number of ether oxygens (including phenoxy) is 1. The van der Waals surface area contributed by atoms with E-state index in [9.17, 15) is 0 Å². The number of unbranched alkanes of at least 4 members (excludes halogenated alkanes) is 1. The Hall–Kier alpha value is -0.720. The summed E-state index contributed by atoms with van der Waals surface area (Å²) in [6.07, 6.45) is 3.46. The Balaban J connectivity index is 4.00. The molecule has 0 spiro atoms. The highest BCUT2D eigenvalue weighted by Gasteiger charge is 2.19. The van der Waals surface area contributed by atoms with Crippen molar-refractivity contribution in [2.45, 2.75) is 52.6 Å². The summed E-state index contributed by atoms with van der Waals surface area (Å²) in [6.45, 7) is 15.9. The minimum atomic E-state index is -0.105. The van der Waals surface area contributed by atoms with Gasteiger partial charge in [0.2, 0.25) is 0 Å². The van der Waals surface area contributed by atoms with Crippen molar-refractivity contribution in [1.82, 2.24) is 0 Å². The van der Waals surface area contributed by atoms with E-state index < -0.39 is 0 Å². The van der Waals surface area contributed by atoms with Crippen molar-refractivity contribution < 1.29 is 4.74 Å². The van der Waals surface area contributed by atoms with E-state index in [1.807, 2.05) is 6.92 Å². The van der Waals surface area contributed by atoms with E-state index in [2.05, 4.69) is 33.9 Å². The average Bonchev–Trinajstić information content (AvgIpc) is 2.00. The maximum absolute atomic E-state index is 5.71. The molecule has 0 atom stereocenters. The molecule has 0 aromatic heterocycles. The van der Waals surface area contributed by atoms with E-state index in [0.717, 1.165) is 12.0 Å². The molecule has 0 fully saturated rings. The molecule has 0 rings (SSSR count). The molecule has 0 amide bonds. The summed E-state index contributed by atoms with van der Waals surface area (Å²) < 4.78 is 5.71. The fourth-order valence-corrected chi connectivity index (χ4v) is 1.07. The first-order valence-corrected chi connectivity index (χ1v) is 4.93. The number of allylic oxidation sites excluding steroid dienone is 1. The van der Waals surface area contributed by atoms with Gasteiger partial charge in [-0.15, -0.1) is 0 Å². The summed E-state index contributed by atoms with van der Waals surface area (Å²) in [5.74, 6) is 0.709. The van der Waals surface area contributed by atoms with Crippen molar-refractivity contribution >= 4 is 0 Å². The van der Waals surface area contributed by atoms with Crippen LogP contribution in [0, 0.1) is 0 Å². The molecule has 1 nitrogen and oxygen atoms in total. The summed E-state index contributed by atoms with van der Waals surface area (Å²) in [6, 6.07) is 0. The second-order valence-electron chi connectivity index (χ2n) is 4.17. The first-order chi connectivity index (χ1) is 5.89. The summed E-state index contributed by atoms with van der Waals surface area (Å²) in [7, 11) is 0. The monoisotopic (exact) mass is 182 g/mol. The smallest absolute Gasteiger partial charge is 0.115 e. The molecule has 0 aromatic rings. The third kappa shape index (κ3) is 5.51.